The smallest absolute Gasteiger partial charge is 0.657 e. The Kier molecular flexibility index (Phi) is 28.1. The van der Waals surface area contributed by atoms with Crippen LogP contribution in [0.2, 0.25) is 0 Å². The van der Waals surface area contributed by atoms with E-state index >= 15 is 33.7 Å². The summed E-state index contributed by atoms with van der Waals surface area (Å²) in [7, 11) is -16.4. The van der Waals surface area contributed by atoms with Gasteiger partial charge in [-0.2, -0.15) is 12.1 Å². The fourth-order valence-electron chi connectivity index (χ4n) is 16.8. The van der Waals surface area contributed by atoms with Crippen LogP contribution in [0.5, 0.6) is 0 Å². The Hall–Kier alpha value is -6.29. The minimum Gasteiger partial charge on any atom is -0.657 e. The van der Waals surface area contributed by atoms with Gasteiger partial charge in [0, 0.05) is 37.6 Å². The molecule has 2 aliphatic heterocycles. The second-order valence-electron chi connectivity index (χ2n) is 29.4. The molecule has 0 atom stereocenters. The number of rotatable bonds is 32. The molecule has 0 radical (unpaired) electrons. The zero-order valence-electron chi connectivity index (χ0n) is 65.7. The molecule has 0 amide bonds. The van der Waals surface area contributed by atoms with E-state index < -0.39 is 40.1 Å². The van der Waals surface area contributed by atoms with Crippen LogP contribution in [0.4, 0.5) is 0 Å². The maximum atomic E-state index is 15.0. The van der Waals surface area contributed by atoms with Gasteiger partial charge in [-0.05, 0) is 246 Å². The Morgan fingerprint density at radius 2 is 0.543 bits per heavy atom. The van der Waals surface area contributed by atoms with Crippen LogP contribution in [0.3, 0.4) is 0 Å². The van der Waals surface area contributed by atoms with Gasteiger partial charge in [-0.25, -0.2) is 52.6 Å². The van der Waals surface area contributed by atoms with Crippen molar-refractivity contribution < 1.29 is 50.7 Å². The Bertz CT molecular complexity index is 4520. The first-order valence-electron chi connectivity index (χ1n) is 37.8. The van der Waals surface area contributed by atoms with Crippen LogP contribution < -0.4 is 23.9 Å². The number of benzene rings is 4. The summed E-state index contributed by atoms with van der Waals surface area (Å²) < 4.78 is 132. The number of aryl methyl sites for hydroxylation is 8. The van der Waals surface area contributed by atoms with Crippen LogP contribution in [0.15, 0.2) is 74.2 Å². The van der Waals surface area contributed by atoms with Crippen molar-refractivity contribution in [3.8, 4) is 44.5 Å². The molecule has 4 heterocycles. The van der Waals surface area contributed by atoms with E-state index in [1.165, 1.54) is 0 Å². The monoisotopic (exact) mass is 1540 g/mol. The SMILES string of the molecule is CCC(CC)CCNS(=O)(=O)c1c(C)cc(C)c(-c2c3nc(c(-c4c(C)cc(C)c(S(=O)(=O)NCCC(CC)CC)c4C)c4ccc([n-]4)c(-c4c(C)cc(C)c(S(=O)(=O)NCCC(CC)CC)c4C)c4nc(c(-c5c(C)cc(C)c(S(=O)(=O)NCCC(CC)CC)c5C)c5ccc2[cH-]5)C=C4)C=C3)c1C.[Fe+2]. The van der Waals surface area contributed by atoms with E-state index in [9.17, 15) is 0 Å². The molecule has 5 aromatic carbocycles. The van der Waals surface area contributed by atoms with Gasteiger partial charge >= 0.3 is 17.1 Å². The van der Waals surface area contributed by atoms with Gasteiger partial charge in [0.2, 0.25) is 40.1 Å². The van der Waals surface area contributed by atoms with Gasteiger partial charge in [0.1, 0.15) is 0 Å². The first-order valence-corrected chi connectivity index (χ1v) is 43.7. The summed E-state index contributed by atoms with van der Waals surface area (Å²) in [5.74, 6) is 1.41. The van der Waals surface area contributed by atoms with Crippen molar-refractivity contribution in [1.82, 2.24) is 33.8 Å². The van der Waals surface area contributed by atoms with Gasteiger partial charge in [-0.1, -0.05) is 165 Å². The van der Waals surface area contributed by atoms with Crippen LogP contribution in [0, 0.1) is 107 Å². The third-order valence-electron chi connectivity index (χ3n) is 22.5. The Morgan fingerprint density at radius 3 is 0.771 bits per heavy atom. The van der Waals surface area contributed by atoms with E-state index in [2.05, 4.69) is 80.3 Å². The number of hydrogen-bond donors (Lipinski definition) is 4. The van der Waals surface area contributed by atoms with E-state index in [0.717, 1.165) is 73.6 Å². The fraction of sp³-hybridized carbons (Fsp3) is 0.471. The average Bonchev–Trinajstić information content (AvgIpc) is 1.67. The van der Waals surface area contributed by atoms with Crippen LogP contribution >= 0.6 is 0 Å². The second-order valence-corrected chi connectivity index (χ2v) is 36.2. The third kappa shape index (κ3) is 17.6. The van der Waals surface area contributed by atoms with Crippen LogP contribution in [-0.4, -0.2) is 69.8 Å². The van der Waals surface area contributed by atoms with Crippen molar-refractivity contribution in [2.45, 2.75) is 235 Å². The summed E-state index contributed by atoms with van der Waals surface area (Å²) in [6, 6.07) is 17.5. The van der Waals surface area contributed by atoms with E-state index in [0.29, 0.717) is 183 Å². The second kappa shape index (κ2) is 34.9. The van der Waals surface area contributed by atoms with Crippen molar-refractivity contribution in [3.05, 3.63) is 144 Å². The van der Waals surface area contributed by atoms with Crippen molar-refractivity contribution in [1.29, 1.82) is 0 Å². The molecule has 8 bridgehead atoms. The molecule has 15 nitrogen and oxygen atoms in total. The summed E-state index contributed by atoms with van der Waals surface area (Å²) in [4.78, 5) is 17.7. The number of nitrogens with one attached hydrogen (secondary N) is 4. The predicted molar refractivity (Wildman–Crippen MR) is 433 cm³/mol. The van der Waals surface area contributed by atoms with Crippen molar-refractivity contribution >= 4 is 86.2 Å². The molecule has 2 aromatic heterocycles. The van der Waals surface area contributed by atoms with Crippen molar-refractivity contribution in [2.75, 3.05) is 26.2 Å². The number of hydrogen-bond acceptors (Lipinski definition) is 10. The first kappa shape index (κ1) is 84.3. The fourth-order valence-corrected chi connectivity index (χ4v) is 22.9. The largest absolute Gasteiger partial charge is 2.00 e. The summed E-state index contributed by atoms with van der Waals surface area (Å²) in [5, 5.41) is 1.37. The van der Waals surface area contributed by atoms with Gasteiger partial charge in [-0.3, -0.25) is 9.97 Å². The molecule has 0 aliphatic carbocycles. The van der Waals surface area contributed by atoms with E-state index in [1.807, 2.05) is 156 Å². The third-order valence-corrected chi connectivity index (χ3v) is 29.5. The maximum Gasteiger partial charge on any atom is 2.00 e. The minimum atomic E-state index is -4.12. The first-order chi connectivity index (χ1) is 49.2. The molecule has 0 fully saturated rings. The van der Waals surface area contributed by atoms with Gasteiger partial charge in [0.05, 0.1) is 31.0 Å². The molecule has 2 aliphatic rings. The molecule has 0 spiro atoms. The topological polar surface area (TPSA) is 225 Å². The molecular weight excluding hydrogens is 1430 g/mol. The molecule has 105 heavy (non-hydrogen) atoms. The van der Waals surface area contributed by atoms with Gasteiger partial charge in [-0.15, -0.1) is 27.9 Å². The summed E-state index contributed by atoms with van der Waals surface area (Å²) in [5.41, 5.74) is 15.2. The summed E-state index contributed by atoms with van der Waals surface area (Å²) >= 11 is 0. The van der Waals surface area contributed by atoms with Crippen LogP contribution in [0.1, 0.15) is 222 Å². The molecule has 7 aromatic rings. The van der Waals surface area contributed by atoms with E-state index in [4.69, 9.17) is 15.0 Å². The number of fused-ring (bicyclic) bond motifs is 8. The van der Waals surface area contributed by atoms with Crippen molar-refractivity contribution in [3.63, 3.8) is 0 Å². The van der Waals surface area contributed by atoms with Gasteiger partial charge in [0.15, 0.2) is 0 Å². The minimum absolute atomic E-state index is 0. The predicted octanol–water partition coefficient (Wildman–Crippen LogP) is 19.5. The zero-order valence-corrected chi connectivity index (χ0v) is 70.1. The number of nitrogens with zero attached hydrogens (tertiary/aromatic N) is 3. The van der Waals surface area contributed by atoms with Crippen LogP contribution in [0.25, 0.3) is 90.6 Å². The van der Waals surface area contributed by atoms with Crippen molar-refractivity contribution in [2.24, 2.45) is 23.7 Å². The molecule has 9 rings (SSSR count). The van der Waals surface area contributed by atoms with Gasteiger partial charge < -0.3 is 4.98 Å². The van der Waals surface area contributed by atoms with E-state index in [-0.39, 0.29) is 62.8 Å². The molecule has 0 saturated heterocycles. The normalized spacial score (nSPS) is 12.9. The Balaban J connectivity index is 0.0000139. The number of aromatic nitrogens is 3. The zero-order chi connectivity index (χ0) is 76.2. The van der Waals surface area contributed by atoms with Crippen LogP contribution in [-0.2, 0) is 57.2 Å². The Labute approximate surface area is 639 Å². The summed E-state index contributed by atoms with van der Waals surface area (Å²) in [6.07, 6.45) is 17.9. The molecular formula is C85H113FeN7O8S4. The standard InChI is InChI=1S/C85H113N7O8S4.Fe/c1-21-62(22-2)37-41-86-101(93,94)82-54(13)45-50(9)74(58(82)17)78-66-29-30-67(49-66)79(75-51(10)46-55(14)83(59(75)18)102(95,96)87-42-38-63(23-3)24-4)69-32-34-71(91-69)81(77-53(12)48-57(16)85(61(77)20)104(99,100)89-44-40-65(27-7)28-8)73-36-35-72(92-73)80(70-33-31-68(78)90-70)76-52(11)47-56(15)84(60(76)19)103(97,98)88-43-39-64(25-5)26-6;/h29-36,45-49,62-65,86-89H,21-28,37-44H2,1-20H3;/q-2;+2. The molecule has 0 saturated carbocycles. The Morgan fingerprint density at radius 1 is 0.324 bits per heavy atom. The molecule has 4 N–H and O–H groups in total. The molecule has 568 valence electrons. The number of sulfonamides is 4. The molecule has 20 heteroatoms. The quantitative estimate of drug-likeness (QED) is 0.0229. The van der Waals surface area contributed by atoms with Gasteiger partial charge in [0.25, 0.3) is 0 Å². The summed E-state index contributed by atoms with van der Waals surface area (Å²) in [6.45, 7) is 40.7. The van der Waals surface area contributed by atoms with E-state index in [1.54, 1.807) is 0 Å². The molecule has 0 unspecified atom stereocenters. The average molecular weight is 1540 g/mol. The maximum absolute atomic E-state index is 15.0.